The van der Waals surface area contributed by atoms with Gasteiger partial charge in [0.05, 0.1) is 6.54 Å². The largest absolute Gasteiger partial charge is 0.460 e. The summed E-state index contributed by atoms with van der Waals surface area (Å²) in [6, 6.07) is 13.6. The molecule has 19 heavy (non-hydrogen) atoms. The maximum absolute atomic E-state index is 5.89. The van der Waals surface area contributed by atoms with Crippen LogP contribution in [0, 0.1) is 0 Å². The zero-order chi connectivity index (χ0) is 13.1. The van der Waals surface area contributed by atoms with Crippen LogP contribution in [0.15, 0.2) is 40.8 Å². The molecule has 1 aliphatic rings. The van der Waals surface area contributed by atoms with E-state index in [-0.39, 0.29) is 0 Å². The molecule has 0 atom stereocenters. The van der Waals surface area contributed by atoms with E-state index in [1.807, 2.05) is 0 Å². The third kappa shape index (κ3) is 3.27. The highest BCUT2D eigenvalue weighted by Crippen LogP contribution is 2.24. The van der Waals surface area contributed by atoms with E-state index in [4.69, 9.17) is 4.42 Å². The van der Waals surface area contributed by atoms with Crippen molar-refractivity contribution in [3.8, 4) is 11.3 Å². The Morgan fingerprint density at radius 2 is 1.89 bits per heavy atom. The lowest BCUT2D eigenvalue weighted by Gasteiger charge is -2.01. The minimum Gasteiger partial charge on any atom is -0.460 e. The highest BCUT2D eigenvalue weighted by atomic mass is 16.3. The fraction of sp³-hybridized carbons (Fsp3) is 0.412. The highest BCUT2D eigenvalue weighted by molar-refractivity contribution is 5.57. The Bertz CT molecular complexity index is 522. The first-order valence-corrected chi connectivity index (χ1v) is 7.26. The zero-order valence-corrected chi connectivity index (χ0v) is 11.5. The summed E-state index contributed by atoms with van der Waals surface area (Å²) in [5, 5.41) is 3.47. The van der Waals surface area contributed by atoms with E-state index >= 15 is 0 Å². The smallest absolute Gasteiger partial charge is 0.134 e. The maximum atomic E-state index is 5.89. The van der Waals surface area contributed by atoms with Crippen LogP contribution in [0.5, 0.6) is 0 Å². The minimum absolute atomic E-state index is 0.724. The molecule has 2 aromatic rings. The van der Waals surface area contributed by atoms with E-state index < -0.39 is 0 Å². The molecule has 1 fully saturated rings. The lowest BCUT2D eigenvalue weighted by Crippen LogP contribution is -2.14. The van der Waals surface area contributed by atoms with Crippen LogP contribution in [-0.2, 0) is 13.0 Å². The first kappa shape index (κ1) is 12.5. The number of hydrogen-bond acceptors (Lipinski definition) is 2. The first-order chi connectivity index (χ1) is 9.35. The summed E-state index contributed by atoms with van der Waals surface area (Å²) in [4.78, 5) is 0. The molecule has 0 saturated heterocycles. The topological polar surface area (TPSA) is 25.2 Å². The average molecular weight is 255 g/mol. The molecule has 0 bridgehead atoms. The van der Waals surface area contributed by atoms with Crippen LogP contribution in [0.4, 0.5) is 0 Å². The lowest BCUT2D eigenvalue weighted by molar-refractivity contribution is 0.492. The van der Waals surface area contributed by atoms with E-state index in [9.17, 15) is 0 Å². The standard InChI is InChI=1S/C17H21NO/c1-2-3-13-4-6-14(7-5-13)17-11-10-16(19-17)12-18-15-8-9-15/h4-7,10-11,15,18H,2-3,8-9,12H2,1H3. The van der Waals surface area contributed by atoms with E-state index in [0.29, 0.717) is 0 Å². The zero-order valence-electron chi connectivity index (χ0n) is 11.5. The van der Waals surface area contributed by atoms with Gasteiger partial charge in [-0.05, 0) is 37.0 Å². The molecule has 0 unspecified atom stereocenters. The SMILES string of the molecule is CCCc1ccc(-c2ccc(CNC3CC3)o2)cc1. The second-order valence-corrected chi connectivity index (χ2v) is 5.37. The molecule has 0 aliphatic heterocycles. The van der Waals surface area contributed by atoms with E-state index in [1.54, 1.807) is 0 Å². The predicted molar refractivity (Wildman–Crippen MR) is 78.0 cm³/mol. The van der Waals surface area contributed by atoms with Gasteiger partial charge in [0, 0.05) is 11.6 Å². The van der Waals surface area contributed by atoms with Crippen LogP contribution in [0.25, 0.3) is 11.3 Å². The Kier molecular flexibility index (Phi) is 3.69. The minimum atomic E-state index is 0.724. The molecule has 2 heteroatoms. The van der Waals surface area contributed by atoms with Crippen molar-refractivity contribution in [2.75, 3.05) is 0 Å². The van der Waals surface area contributed by atoms with E-state index in [1.165, 1.54) is 24.8 Å². The molecule has 0 radical (unpaired) electrons. The Morgan fingerprint density at radius 1 is 1.11 bits per heavy atom. The van der Waals surface area contributed by atoms with Crippen LogP contribution in [0.1, 0.15) is 37.5 Å². The van der Waals surface area contributed by atoms with Gasteiger partial charge in [0.15, 0.2) is 0 Å². The van der Waals surface area contributed by atoms with Gasteiger partial charge in [-0.3, -0.25) is 0 Å². The first-order valence-electron chi connectivity index (χ1n) is 7.26. The van der Waals surface area contributed by atoms with Gasteiger partial charge in [-0.1, -0.05) is 37.6 Å². The second-order valence-electron chi connectivity index (χ2n) is 5.37. The fourth-order valence-corrected chi connectivity index (χ4v) is 2.28. The molecule has 3 rings (SSSR count). The van der Waals surface area contributed by atoms with Crippen molar-refractivity contribution in [1.82, 2.24) is 5.32 Å². The number of aryl methyl sites for hydroxylation is 1. The Balaban J connectivity index is 1.66. The molecule has 1 N–H and O–H groups in total. The van der Waals surface area contributed by atoms with Crippen LogP contribution in [0.3, 0.4) is 0 Å². The molecular formula is C17H21NO. The Hall–Kier alpha value is -1.54. The van der Waals surface area contributed by atoms with Crippen LogP contribution >= 0.6 is 0 Å². The lowest BCUT2D eigenvalue weighted by atomic mass is 10.1. The van der Waals surface area contributed by atoms with Gasteiger partial charge in [-0.15, -0.1) is 0 Å². The summed E-state index contributed by atoms with van der Waals surface area (Å²) < 4.78 is 5.89. The number of rotatable bonds is 6. The van der Waals surface area contributed by atoms with E-state index in [2.05, 4.69) is 48.6 Å². The molecular weight excluding hydrogens is 234 g/mol. The summed E-state index contributed by atoms with van der Waals surface area (Å²) in [5.41, 5.74) is 2.56. The highest BCUT2D eigenvalue weighted by Gasteiger charge is 2.20. The van der Waals surface area contributed by atoms with Crippen molar-refractivity contribution >= 4 is 0 Å². The van der Waals surface area contributed by atoms with Crippen LogP contribution in [-0.4, -0.2) is 6.04 Å². The molecule has 1 heterocycles. The van der Waals surface area contributed by atoms with Crippen molar-refractivity contribution in [1.29, 1.82) is 0 Å². The van der Waals surface area contributed by atoms with Crippen molar-refractivity contribution < 1.29 is 4.42 Å². The van der Waals surface area contributed by atoms with Crippen molar-refractivity contribution in [3.05, 3.63) is 47.7 Å². The van der Waals surface area contributed by atoms with Gasteiger partial charge in [-0.25, -0.2) is 0 Å². The molecule has 0 amide bonds. The normalized spacial score (nSPS) is 14.8. The molecule has 1 aromatic heterocycles. The molecule has 0 spiro atoms. The predicted octanol–water partition coefficient (Wildman–Crippen LogP) is 4.15. The Morgan fingerprint density at radius 3 is 2.58 bits per heavy atom. The van der Waals surface area contributed by atoms with Crippen LogP contribution in [0.2, 0.25) is 0 Å². The number of hydrogen-bond donors (Lipinski definition) is 1. The monoisotopic (exact) mass is 255 g/mol. The number of benzene rings is 1. The average Bonchev–Trinajstić information content (AvgIpc) is 3.15. The Labute approximate surface area is 114 Å². The molecule has 2 nitrogen and oxygen atoms in total. The number of nitrogens with one attached hydrogen (secondary N) is 1. The quantitative estimate of drug-likeness (QED) is 0.838. The molecule has 1 saturated carbocycles. The molecule has 1 aromatic carbocycles. The van der Waals surface area contributed by atoms with Gasteiger partial charge in [0.25, 0.3) is 0 Å². The van der Waals surface area contributed by atoms with Crippen molar-refractivity contribution in [3.63, 3.8) is 0 Å². The number of furan rings is 1. The molecule has 100 valence electrons. The summed E-state index contributed by atoms with van der Waals surface area (Å²) in [6.45, 7) is 3.05. The van der Waals surface area contributed by atoms with Gasteiger partial charge in [-0.2, -0.15) is 0 Å². The van der Waals surface area contributed by atoms with Gasteiger partial charge < -0.3 is 9.73 Å². The van der Waals surface area contributed by atoms with Gasteiger partial charge in [0.1, 0.15) is 11.5 Å². The third-order valence-electron chi connectivity index (χ3n) is 3.58. The van der Waals surface area contributed by atoms with Crippen molar-refractivity contribution in [2.24, 2.45) is 0 Å². The van der Waals surface area contributed by atoms with Crippen LogP contribution < -0.4 is 5.32 Å². The molecule has 1 aliphatic carbocycles. The maximum Gasteiger partial charge on any atom is 0.134 e. The summed E-state index contributed by atoms with van der Waals surface area (Å²) >= 11 is 0. The summed E-state index contributed by atoms with van der Waals surface area (Å²) in [7, 11) is 0. The summed E-state index contributed by atoms with van der Waals surface area (Å²) in [5.74, 6) is 2.00. The second kappa shape index (κ2) is 5.62. The van der Waals surface area contributed by atoms with Gasteiger partial charge >= 0.3 is 0 Å². The fourth-order valence-electron chi connectivity index (χ4n) is 2.28. The van der Waals surface area contributed by atoms with Gasteiger partial charge in [0.2, 0.25) is 0 Å². The summed E-state index contributed by atoms with van der Waals surface area (Å²) in [6.07, 6.45) is 4.96. The van der Waals surface area contributed by atoms with Crippen molar-refractivity contribution in [2.45, 2.75) is 45.2 Å². The van der Waals surface area contributed by atoms with E-state index in [0.717, 1.165) is 36.1 Å². The third-order valence-corrected chi connectivity index (χ3v) is 3.58.